The van der Waals surface area contributed by atoms with E-state index in [0.717, 1.165) is 34.8 Å². The molecule has 1 fully saturated rings. The van der Waals surface area contributed by atoms with Gasteiger partial charge in [0.15, 0.2) is 5.69 Å². The Bertz CT molecular complexity index is 884. The van der Waals surface area contributed by atoms with Crippen LogP contribution in [-0.4, -0.2) is 23.1 Å². The number of ether oxygens (including phenoxy) is 1. The quantitative estimate of drug-likeness (QED) is 0.618. The van der Waals surface area contributed by atoms with Crippen molar-refractivity contribution in [3.05, 3.63) is 69.7 Å². The first-order valence-corrected chi connectivity index (χ1v) is 9.52. The van der Waals surface area contributed by atoms with E-state index < -0.39 is 0 Å². The summed E-state index contributed by atoms with van der Waals surface area (Å²) in [5.74, 6) is 1.90. The first-order chi connectivity index (χ1) is 12.7. The molecule has 2 heterocycles. The molecule has 4 rings (SSSR count). The molecule has 3 aromatic rings. The van der Waals surface area contributed by atoms with Crippen LogP contribution in [0.25, 0.3) is 0 Å². The highest BCUT2D eigenvalue weighted by Crippen LogP contribution is 2.40. The molecule has 1 amide bonds. The SMILES string of the molecule is COc1ccccc1CN(Cc1cccs1)C(=O)c1cc(C2CC2)on1. The van der Waals surface area contributed by atoms with E-state index in [1.165, 1.54) is 0 Å². The Morgan fingerprint density at radius 3 is 2.85 bits per heavy atom. The smallest absolute Gasteiger partial charge is 0.276 e. The molecule has 2 aromatic heterocycles. The van der Waals surface area contributed by atoms with Gasteiger partial charge >= 0.3 is 0 Å². The van der Waals surface area contributed by atoms with Crippen LogP contribution >= 0.6 is 11.3 Å². The number of nitrogens with zero attached hydrogens (tertiary/aromatic N) is 2. The van der Waals surface area contributed by atoms with Gasteiger partial charge in [-0.2, -0.15) is 0 Å². The van der Waals surface area contributed by atoms with E-state index in [1.54, 1.807) is 29.4 Å². The molecule has 0 atom stereocenters. The van der Waals surface area contributed by atoms with Crippen LogP contribution in [-0.2, 0) is 13.1 Å². The Balaban J connectivity index is 1.59. The number of methoxy groups -OCH3 is 1. The second kappa shape index (κ2) is 7.33. The van der Waals surface area contributed by atoms with E-state index in [1.807, 2.05) is 41.8 Å². The van der Waals surface area contributed by atoms with Gasteiger partial charge in [-0.15, -0.1) is 11.3 Å². The number of hydrogen-bond donors (Lipinski definition) is 0. The number of amides is 1. The normalized spacial score (nSPS) is 13.6. The summed E-state index contributed by atoms with van der Waals surface area (Å²) in [5, 5.41) is 6.03. The van der Waals surface area contributed by atoms with E-state index in [2.05, 4.69) is 5.16 Å². The minimum Gasteiger partial charge on any atom is -0.496 e. The summed E-state index contributed by atoms with van der Waals surface area (Å²) in [6.45, 7) is 0.979. The van der Waals surface area contributed by atoms with Crippen LogP contribution in [0.2, 0.25) is 0 Å². The van der Waals surface area contributed by atoms with Crippen molar-refractivity contribution in [1.82, 2.24) is 10.1 Å². The molecule has 0 saturated heterocycles. The van der Waals surface area contributed by atoms with Crippen molar-refractivity contribution in [2.45, 2.75) is 31.8 Å². The molecule has 6 heteroatoms. The highest BCUT2D eigenvalue weighted by molar-refractivity contribution is 7.09. The Hall–Kier alpha value is -2.60. The fraction of sp³-hybridized carbons (Fsp3) is 0.300. The van der Waals surface area contributed by atoms with Crippen molar-refractivity contribution >= 4 is 17.2 Å². The van der Waals surface area contributed by atoms with Gasteiger partial charge in [0.05, 0.1) is 20.2 Å². The van der Waals surface area contributed by atoms with Crippen LogP contribution < -0.4 is 4.74 Å². The number of rotatable bonds is 7. The van der Waals surface area contributed by atoms with Crippen LogP contribution in [0.1, 0.15) is 45.4 Å². The topological polar surface area (TPSA) is 55.6 Å². The van der Waals surface area contributed by atoms with E-state index in [-0.39, 0.29) is 5.91 Å². The van der Waals surface area contributed by atoms with Gasteiger partial charge in [-0.05, 0) is 30.4 Å². The van der Waals surface area contributed by atoms with Crippen molar-refractivity contribution in [1.29, 1.82) is 0 Å². The lowest BCUT2D eigenvalue weighted by Crippen LogP contribution is -2.30. The summed E-state index contributed by atoms with van der Waals surface area (Å²) in [7, 11) is 1.64. The van der Waals surface area contributed by atoms with Crippen LogP contribution in [0, 0.1) is 0 Å². The number of carbonyl (C=O) groups is 1. The average molecular weight is 368 g/mol. The van der Waals surface area contributed by atoms with Gasteiger partial charge in [-0.1, -0.05) is 29.4 Å². The molecule has 0 bridgehead atoms. The van der Waals surface area contributed by atoms with Crippen LogP contribution in [0.3, 0.4) is 0 Å². The van der Waals surface area contributed by atoms with E-state index in [9.17, 15) is 4.79 Å². The molecule has 0 radical (unpaired) electrons. The minimum atomic E-state index is -0.125. The molecule has 1 aliphatic carbocycles. The van der Waals surface area contributed by atoms with Crippen molar-refractivity contribution in [3.8, 4) is 5.75 Å². The molecule has 1 saturated carbocycles. The molecular weight excluding hydrogens is 348 g/mol. The van der Waals surface area contributed by atoms with E-state index >= 15 is 0 Å². The van der Waals surface area contributed by atoms with Gasteiger partial charge in [0.1, 0.15) is 11.5 Å². The van der Waals surface area contributed by atoms with Gasteiger partial charge in [0, 0.05) is 22.4 Å². The fourth-order valence-electron chi connectivity index (χ4n) is 2.94. The summed E-state index contributed by atoms with van der Waals surface area (Å²) in [4.78, 5) is 16.0. The predicted octanol–water partition coefficient (Wildman–Crippen LogP) is 4.46. The Morgan fingerprint density at radius 2 is 2.12 bits per heavy atom. The first-order valence-electron chi connectivity index (χ1n) is 8.65. The van der Waals surface area contributed by atoms with Gasteiger partial charge in [0.25, 0.3) is 5.91 Å². The van der Waals surface area contributed by atoms with Crippen molar-refractivity contribution in [2.75, 3.05) is 7.11 Å². The maximum Gasteiger partial charge on any atom is 0.276 e. The molecule has 1 aliphatic rings. The zero-order valence-corrected chi connectivity index (χ0v) is 15.4. The van der Waals surface area contributed by atoms with Crippen molar-refractivity contribution in [3.63, 3.8) is 0 Å². The Kier molecular flexibility index (Phi) is 4.75. The number of carbonyl (C=O) groups excluding carboxylic acids is 1. The van der Waals surface area contributed by atoms with Crippen LogP contribution in [0.4, 0.5) is 0 Å². The van der Waals surface area contributed by atoms with Gasteiger partial charge in [-0.25, -0.2) is 0 Å². The molecule has 0 unspecified atom stereocenters. The van der Waals surface area contributed by atoms with Gasteiger partial charge in [0.2, 0.25) is 0 Å². The number of aromatic nitrogens is 1. The van der Waals surface area contributed by atoms with Crippen LogP contribution in [0.5, 0.6) is 5.75 Å². The molecule has 5 nitrogen and oxygen atoms in total. The monoisotopic (exact) mass is 368 g/mol. The first kappa shape index (κ1) is 16.8. The molecule has 134 valence electrons. The molecule has 26 heavy (non-hydrogen) atoms. The highest BCUT2D eigenvalue weighted by atomic mass is 32.1. The Labute approximate surface area is 156 Å². The standard InChI is InChI=1S/C20H20N2O3S/c1-24-18-7-3-2-5-15(18)12-22(13-16-6-4-10-26-16)20(23)17-11-19(25-21-17)14-8-9-14/h2-7,10-11,14H,8-9,12-13H2,1H3. The Morgan fingerprint density at radius 1 is 1.27 bits per heavy atom. The summed E-state index contributed by atoms with van der Waals surface area (Å²) in [6, 6.07) is 13.6. The molecule has 0 spiro atoms. The third-order valence-electron chi connectivity index (χ3n) is 4.49. The average Bonchev–Trinajstić information content (AvgIpc) is 3.18. The zero-order chi connectivity index (χ0) is 17.9. The summed E-state index contributed by atoms with van der Waals surface area (Å²) < 4.78 is 10.8. The van der Waals surface area contributed by atoms with Crippen molar-refractivity contribution in [2.24, 2.45) is 0 Å². The summed E-state index contributed by atoms with van der Waals surface area (Å²) in [6.07, 6.45) is 2.23. The summed E-state index contributed by atoms with van der Waals surface area (Å²) >= 11 is 1.64. The lowest BCUT2D eigenvalue weighted by Gasteiger charge is -2.22. The molecule has 0 aliphatic heterocycles. The number of para-hydroxylation sites is 1. The highest BCUT2D eigenvalue weighted by Gasteiger charge is 2.30. The number of benzene rings is 1. The molecular formula is C20H20N2O3S. The third-order valence-corrected chi connectivity index (χ3v) is 5.36. The van der Waals surface area contributed by atoms with Gasteiger partial charge in [-0.3, -0.25) is 4.79 Å². The summed E-state index contributed by atoms with van der Waals surface area (Å²) in [5.41, 5.74) is 1.34. The third kappa shape index (κ3) is 3.65. The maximum absolute atomic E-state index is 13.1. The maximum atomic E-state index is 13.1. The number of hydrogen-bond acceptors (Lipinski definition) is 5. The second-order valence-electron chi connectivity index (χ2n) is 6.44. The van der Waals surface area contributed by atoms with E-state index in [4.69, 9.17) is 9.26 Å². The molecule has 1 aromatic carbocycles. The molecule has 0 N–H and O–H groups in total. The lowest BCUT2D eigenvalue weighted by atomic mass is 10.1. The second-order valence-corrected chi connectivity index (χ2v) is 7.47. The predicted molar refractivity (Wildman–Crippen MR) is 99.4 cm³/mol. The minimum absolute atomic E-state index is 0.125. The van der Waals surface area contributed by atoms with Crippen LogP contribution in [0.15, 0.2) is 52.4 Å². The van der Waals surface area contributed by atoms with Crippen molar-refractivity contribution < 1.29 is 14.1 Å². The fourth-order valence-corrected chi connectivity index (χ4v) is 3.66. The lowest BCUT2D eigenvalue weighted by molar-refractivity contribution is 0.0720. The van der Waals surface area contributed by atoms with E-state index in [0.29, 0.717) is 24.7 Å². The zero-order valence-electron chi connectivity index (χ0n) is 14.6. The number of thiophene rings is 1. The van der Waals surface area contributed by atoms with Gasteiger partial charge < -0.3 is 14.2 Å². The largest absolute Gasteiger partial charge is 0.496 e.